The number of rotatable bonds is 7. The van der Waals surface area contributed by atoms with Gasteiger partial charge in [0.15, 0.2) is 0 Å². The van der Waals surface area contributed by atoms with Gasteiger partial charge in [-0.1, -0.05) is 19.1 Å². The molecule has 1 aliphatic rings. The molecule has 0 radical (unpaired) electrons. The molecule has 1 aliphatic heterocycles. The van der Waals surface area contributed by atoms with Crippen molar-refractivity contribution < 1.29 is 19.4 Å². The maximum Gasteiger partial charge on any atom is 0.321 e. The molecule has 25 heavy (non-hydrogen) atoms. The second-order valence-corrected chi connectivity index (χ2v) is 7.66. The van der Waals surface area contributed by atoms with Crippen LogP contribution >= 0.6 is 11.8 Å². The molecular formula is C18H26N2O4S. The number of hydrogen-bond donors (Lipinski definition) is 2. The zero-order valence-corrected chi connectivity index (χ0v) is 15.6. The number of aliphatic carboxylic acids is 1. The van der Waals surface area contributed by atoms with E-state index in [1.165, 1.54) is 4.90 Å². The fraction of sp³-hybridized carbons (Fsp3) is 0.556. The van der Waals surface area contributed by atoms with Crippen LogP contribution in [0.4, 0.5) is 10.5 Å². The first-order chi connectivity index (χ1) is 12.0. The Bertz CT molecular complexity index is 590. The predicted octanol–water partition coefficient (Wildman–Crippen LogP) is 3.28. The highest BCUT2D eigenvalue weighted by molar-refractivity contribution is 7.99. The van der Waals surface area contributed by atoms with Crippen molar-refractivity contribution in [1.82, 2.24) is 4.90 Å². The van der Waals surface area contributed by atoms with Crippen LogP contribution in [-0.4, -0.2) is 54.1 Å². The summed E-state index contributed by atoms with van der Waals surface area (Å²) in [6.07, 6.45) is 2.18. The number of nitrogens with one attached hydrogen (secondary N) is 1. The summed E-state index contributed by atoms with van der Waals surface area (Å²) in [5.74, 6) is -0.606. The third-order valence-corrected chi connectivity index (χ3v) is 5.59. The van der Waals surface area contributed by atoms with Crippen LogP contribution in [0.5, 0.6) is 0 Å². The minimum atomic E-state index is -0.910. The molecule has 0 aliphatic carbocycles. The maximum atomic E-state index is 12.2. The number of anilines is 1. The third kappa shape index (κ3) is 6.59. The topological polar surface area (TPSA) is 78.9 Å². The lowest BCUT2D eigenvalue weighted by Gasteiger charge is -2.22. The van der Waals surface area contributed by atoms with Gasteiger partial charge in [0.1, 0.15) is 0 Å². The molecule has 1 atom stereocenters. The number of ether oxygens (including phenoxy) is 1. The molecule has 7 heteroatoms. The Hall–Kier alpha value is -1.73. The van der Waals surface area contributed by atoms with E-state index in [0.717, 1.165) is 43.1 Å². The monoisotopic (exact) mass is 366 g/mol. The second kappa shape index (κ2) is 9.68. The molecule has 1 saturated heterocycles. The molecule has 1 fully saturated rings. The standard InChI is InChI=1S/C18H26N2O4S/c1-13(17(21)22)11-20(2)18(23)19-15-5-3-4-14(10-15)12-25-16-6-8-24-9-7-16/h3-5,10,13,16H,6-9,11-12H2,1-2H3,(H,19,23)(H,21,22). The number of carbonyl (C=O) groups excluding carboxylic acids is 1. The average Bonchev–Trinajstić information content (AvgIpc) is 2.61. The Morgan fingerprint density at radius 1 is 1.40 bits per heavy atom. The van der Waals surface area contributed by atoms with Gasteiger partial charge in [-0.05, 0) is 30.5 Å². The van der Waals surface area contributed by atoms with Crippen LogP contribution < -0.4 is 5.32 Å². The molecule has 0 bridgehead atoms. The maximum absolute atomic E-state index is 12.2. The van der Waals surface area contributed by atoms with Gasteiger partial charge in [-0.2, -0.15) is 11.8 Å². The van der Waals surface area contributed by atoms with Crippen LogP contribution in [0.25, 0.3) is 0 Å². The summed E-state index contributed by atoms with van der Waals surface area (Å²) in [6.45, 7) is 3.43. The molecule has 1 aromatic rings. The summed E-state index contributed by atoms with van der Waals surface area (Å²) in [6, 6.07) is 7.49. The Morgan fingerprint density at radius 2 is 2.12 bits per heavy atom. The van der Waals surface area contributed by atoms with Crippen LogP contribution in [0, 0.1) is 5.92 Å². The normalized spacial score (nSPS) is 16.2. The third-order valence-electron chi connectivity index (χ3n) is 4.15. The second-order valence-electron chi connectivity index (χ2n) is 6.37. The van der Waals surface area contributed by atoms with Gasteiger partial charge < -0.3 is 20.1 Å². The van der Waals surface area contributed by atoms with Gasteiger partial charge in [-0.25, -0.2) is 4.79 Å². The summed E-state index contributed by atoms with van der Waals surface area (Å²) < 4.78 is 5.38. The number of amides is 2. The summed E-state index contributed by atoms with van der Waals surface area (Å²) >= 11 is 1.93. The van der Waals surface area contributed by atoms with E-state index < -0.39 is 11.9 Å². The van der Waals surface area contributed by atoms with Crippen molar-refractivity contribution in [2.45, 2.75) is 30.8 Å². The first-order valence-corrected chi connectivity index (χ1v) is 9.54. The van der Waals surface area contributed by atoms with Gasteiger partial charge in [0, 0.05) is 43.5 Å². The van der Waals surface area contributed by atoms with Gasteiger partial charge in [0.2, 0.25) is 0 Å². The van der Waals surface area contributed by atoms with E-state index in [0.29, 0.717) is 5.25 Å². The van der Waals surface area contributed by atoms with E-state index in [4.69, 9.17) is 9.84 Å². The number of nitrogens with zero attached hydrogens (tertiary/aromatic N) is 1. The van der Waals surface area contributed by atoms with Crippen molar-refractivity contribution in [2.75, 3.05) is 32.1 Å². The molecule has 2 amide bonds. The highest BCUT2D eigenvalue weighted by Gasteiger charge is 2.18. The lowest BCUT2D eigenvalue weighted by atomic mass is 10.2. The number of thioether (sulfide) groups is 1. The molecule has 2 rings (SSSR count). The molecule has 0 spiro atoms. The summed E-state index contributed by atoms with van der Waals surface area (Å²) in [7, 11) is 1.60. The summed E-state index contributed by atoms with van der Waals surface area (Å²) in [5, 5.41) is 12.4. The quantitative estimate of drug-likeness (QED) is 0.774. The Labute approximate surface area is 152 Å². The van der Waals surface area contributed by atoms with E-state index >= 15 is 0 Å². The predicted molar refractivity (Wildman–Crippen MR) is 100 cm³/mol. The van der Waals surface area contributed by atoms with E-state index in [-0.39, 0.29) is 12.6 Å². The SMILES string of the molecule is CC(CN(C)C(=O)Nc1cccc(CSC2CCOCC2)c1)C(=O)O. The van der Waals surface area contributed by atoms with Crippen molar-refractivity contribution in [1.29, 1.82) is 0 Å². The highest BCUT2D eigenvalue weighted by atomic mass is 32.2. The number of urea groups is 1. The van der Waals surface area contributed by atoms with Gasteiger partial charge in [-0.15, -0.1) is 0 Å². The zero-order valence-electron chi connectivity index (χ0n) is 14.7. The summed E-state index contributed by atoms with van der Waals surface area (Å²) in [5.41, 5.74) is 1.89. The Kier molecular flexibility index (Phi) is 7.58. The first-order valence-electron chi connectivity index (χ1n) is 8.49. The van der Waals surface area contributed by atoms with Gasteiger partial charge in [0.05, 0.1) is 5.92 Å². The van der Waals surface area contributed by atoms with Crippen molar-refractivity contribution in [3.8, 4) is 0 Å². The van der Waals surface area contributed by atoms with Crippen LogP contribution in [-0.2, 0) is 15.3 Å². The van der Waals surface area contributed by atoms with Gasteiger partial charge >= 0.3 is 12.0 Å². The molecule has 1 aromatic carbocycles. The van der Waals surface area contributed by atoms with E-state index in [2.05, 4.69) is 11.4 Å². The molecule has 2 N–H and O–H groups in total. The Balaban J connectivity index is 1.85. The van der Waals surface area contributed by atoms with E-state index in [1.807, 2.05) is 30.0 Å². The summed E-state index contributed by atoms with van der Waals surface area (Å²) in [4.78, 5) is 24.5. The van der Waals surface area contributed by atoms with Crippen LogP contribution in [0.2, 0.25) is 0 Å². The van der Waals surface area contributed by atoms with Gasteiger partial charge in [0.25, 0.3) is 0 Å². The average molecular weight is 366 g/mol. The van der Waals surface area contributed by atoms with Crippen LogP contribution in [0.3, 0.4) is 0 Å². The van der Waals surface area contributed by atoms with Crippen molar-refractivity contribution in [3.63, 3.8) is 0 Å². The molecular weight excluding hydrogens is 340 g/mol. The van der Waals surface area contributed by atoms with E-state index in [9.17, 15) is 9.59 Å². The lowest BCUT2D eigenvalue weighted by Crippen LogP contribution is -2.36. The highest BCUT2D eigenvalue weighted by Crippen LogP contribution is 2.26. The number of carboxylic acids is 1. The molecule has 0 saturated carbocycles. The molecule has 138 valence electrons. The number of benzene rings is 1. The first kappa shape index (κ1) is 19.6. The van der Waals surface area contributed by atoms with Gasteiger partial charge in [-0.3, -0.25) is 4.79 Å². The van der Waals surface area contributed by atoms with Crippen molar-refractivity contribution >= 4 is 29.4 Å². The van der Waals surface area contributed by atoms with Crippen molar-refractivity contribution in [2.24, 2.45) is 5.92 Å². The minimum absolute atomic E-state index is 0.167. The lowest BCUT2D eigenvalue weighted by molar-refractivity contribution is -0.141. The number of carbonyl (C=O) groups is 2. The molecule has 6 nitrogen and oxygen atoms in total. The smallest absolute Gasteiger partial charge is 0.321 e. The zero-order chi connectivity index (χ0) is 18.2. The number of carboxylic acid groups (broad SMARTS) is 1. The largest absolute Gasteiger partial charge is 0.481 e. The molecule has 0 aromatic heterocycles. The molecule has 1 unspecified atom stereocenters. The fourth-order valence-electron chi connectivity index (χ4n) is 2.59. The van der Waals surface area contributed by atoms with Crippen molar-refractivity contribution in [3.05, 3.63) is 29.8 Å². The fourth-order valence-corrected chi connectivity index (χ4v) is 3.72. The number of hydrogen-bond acceptors (Lipinski definition) is 4. The van der Waals surface area contributed by atoms with Crippen LogP contribution in [0.15, 0.2) is 24.3 Å². The van der Waals surface area contributed by atoms with Crippen LogP contribution in [0.1, 0.15) is 25.3 Å². The molecule has 1 heterocycles. The van der Waals surface area contributed by atoms with E-state index in [1.54, 1.807) is 14.0 Å². The minimum Gasteiger partial charge on any atom is -0.481 e. The Morgan fingerprint density at radius 3 is 2.80 bits per heavy atom.